The molecule has 1 rings (SSSR count). The number of Topliss-reactive ketones (excluding diaryl/α,β-unsaturated/α-hetero) is 1. The smallest absolute Gasteiger partial charge is 0.372 e. The molecule has 1 N–H and O–H groups in total. The van der Waals surface area contributed by atoms with Crippen LogP contribution in [0, 0.1) is 5.82 Å². The number of halogens is 2. The first-order valence-electron chi connectivity index (χ1n) is 5.49. The molecule has 0 radical (unpaired) electrons. The van der Waals surface area contributed by atoms with Crippen molar-refractivity contribution in [1.29, 1.82) is 0 Å². The first kappa shape index (κ1) is 15.4. The van der Waals surface area contributed by atoms with E-state index in [1.807, 2.05) is 0 Å². The fourth-order valence-electron chi connectivity index (χ4n) is 1.84. The van der Waals surface area contributed by atoms with Gasteiger partial charge in [-0.15, -0.1) is 0 Å². The van der Waals surface area contributed by atoms with E-state index in [4.69, 9.17) is 21.4 Å². The lowest BCUT2D eigenvalue weighted by atomic mass is 9.79. The molecule has 0 heterocycles. The molecule has 0 saturated heterocycles. The molecule has 0 amide bonds. The number of methoxy groups -OCH3 is 1. The molecule has 0 spiro atoms. The number of hydrogen-bond acceptors (Lipinski definition) is 3. The maximum Gasteiger partial charge on any atom is 0.372 e. The zero-order chi connectivity index (χ0) is 14.8. The highest BCUT2D eigenvalue weighted by atomic mass is 35.5. The van der Waals surface area contributed by atoms with E-state index in [1.54, 1.807) is 13.8 Å². The van der Waals surface area contributed by atoms with Gasteiger partial charge in [0.2, 0.25) is 5.78 Å². The van der Waals surface area contributed by atoms with Crippen molar-refractivity contribution in [2.24, 2.45) is 0 Å². The molecule has 0 saturated carbocycles. The number of aliphatic carboxylic acids is 1. The number of carboxylic acids is 1. The summed E-state index contributed by atoms with van der Waals surface area (Å²) in [5.74, 6) is -3.25. The quantitative estimate of drug-likeness (QED) is 0.846. The summed E-state index contributed by atoms with van der Waals surface area (Å²) in [5.41, 5.74) is -0.488. The predicted octanol–water partition coefficient (Wildman–Crippen LogP) is 2.81. The summed E-state index contributed by atoms with van der Waals surface area (Å²) in [6.45, 7) is 3.28. The van der Waals surface area contributed by atoms with Gasteiger partial charge in [-0.1, -0.05) is 31.5 Å². The molecule has 0 unspecified atom stereocenters. The summed E-state index contributed by atoms with van der Waals surface area (Å²) in [4.78, 5) is 21.9. The van der Waals surface area contributed by atoms with Crippen LogP contribution in [0.3, 0.4) is 0 Å². The minimum absolute atomic E-state index is 0.0734. The summed E-state index contributed by atoms with van der Waals surface area (Å²) in [5, 5.41) is 8.55. The average molecular weight is 289 g/mol. The van der Waals surface area contributed by atoms with Crippen LogP contribution < -0.4 is 4.74 Å². The first-order valence-corrected chi connectivity index (χ1v) is 5.87. The Bertz CT molecular complexity index is 526. The van der Waals surface area contributed by atoms with Crippen LogP contribution in [0.25, 0.3) is 0 Å². The third-order valence-electron chi connectivity index (χ3n) is 2.82. The molecule has 0 bridgehead atoms. The van der Waals surface area contributed by atoms with Gasteiger partial charge in [0.15, 0.2) is 11.6 Å². The minimum Gasteiger partial charge on any atom is -0.493 e. The molecule has 0 atom stereocenters. The highest BCUT2D eigenvalue weighted by molar-refractivity contribution is 6.33. The number of rotatable bonds is 5. The van der Waals surface area contributed by atoms with Crippen LogP contribution in [0.1, 0.15) is 25.8 Å². The Balaban J connectivity index is 3.25. The molecule has 0 aromatic heterocycles. The second kappa shape index (κ2) is 5.57. The van der Waals surface area contributed by atoms with Crippen LogP contribution in [0.2, 0.25) is 5.02 Å². The van der Waals surface area contributed by atoms with Gasteiger partial charge in [0.05, 0.1) is 12.1 Å². The van der Waals surface area contributed by atoms with Crippen molar-refractivity contribution in [1.82, 2.24) is 0 Å². The highest BCUT2D eigenvalue weighted by Crippen LogP contribution is 2.38. The number of carbonyl (C=O) groups is 2. The van der Waals surface area contributed by atoms with Crippen LogP contribution in [-0.4, -0.2) is 24.0 Å². The standard InChI is InChI=1S/C13H14ClFO4/c1-13(2,6-9(16)12(17)18)7-4-5-8(14)10(15)11(7)19-3/h4-5H,6H2,1-3H3,(H,17,18). The lowest BCUT2D eigenvalue weighted by Gasteiger charge is -2.26. The Morgan fingerprint density at radius 1 is 1.42 bits per heavy atom. The molecule has 0 fully saturated rings. The summed E-state index contributed by atoms with van der Waals surface area (Å²) in [6.07, 6.45) is -0.264. The third kappa shape index (κ3) is 3.23. The first-order chi connectivity index (χ1) is 8.70. The van der Waals surface area contributed by atoms with Crippen molar-refractivity contribution in [3.05, 3.63) is 28.5 Å². The molecule has 0 aliphatic rings. The average Bonchev–Trinajstić information content (AvgIpc) is 2.31. The Labute approximate surface area is 115 Å². The van der Waals surface area contributed by atoms with E-state index in [1.165, 1.54) is 19.2 Å². The summed E-state index contributed by atoms with van der Waals surface area (Å²) < 4.78 is 18.8. The Morgan fingerprint density at radius 3 is 2.47 bits per heavy atom. The molecule has 19 heavy (non-hydrogen) atoms. The van der Waals surface area contributed by atoms with Crippen LogP contribution in [0.5, 0.6) is 5.75 Å². The van der Waals surface area contributed by atoms with Gasteiger partial charge in [-0.05, 0) is 6.07 Å². The largest absolute Gasteiger partial charge is 0.493 e. The lowest BCUT2D eigenvalue weighted by molar-refractivity contribution is -0.149. The number of carboxylic acid groups (broad SMARTS) is 1. The SMILES string of the molecule is COc1c(C(C)(C)CC(=O)C(=O)O)ccc(Cl)c1F. The van der Waals surface area contributed by atoms with E-state index in [9.17, 15) is 14.0 Å². The summed E-state index contributed by atoms with van der Waals surface area (Å²) >= 11 is 5.65. The molecule has 104 valence electrons. The zero-order valence-corrected chi connectivity index (χ0v) is 11.5. The van der Waals surface area contributed by atoms with Crippen molar-refractivity contribution >= 4 is 23.4 Å². The third-order valence-corrected chi connectivity index (χ3v) is 3.12. The second-order valence-corrected chi connectivity index (χ2v) is 5.14. The van der Waals surface area contributed by atoms with Crippen molar-refractivity contribution < 1.29 is 23.8 Å². The highest BCUT2D eigenvalue weighted by Gasteiger charge is 2.31. The van der Waals surface area contributed by atoms with Crippen molar-refractivity contribution in [2.45, 2.75) is 25.7 Å². The molecule has 0 aliphatic carbocycles. The molecule has 1 aromatic carbocycles. The van der Waals surface area contributed by atoms with E-state index in [0.29, 0.717) is 5.56 Å². The summed E-state index contributed by atoms with van der Waals surface area (Å²) in [7, 11) is 1.29. The number of ether oxygens (including phenoxy) is 1. The van der Waals surface area contributed by atoms with Gasteiger partial charge in [-0.25, -0.2) is 9.18 Å². The molecule has 6 heteroatoms. The van der Waals surface area contributed by atoms with Gasteiger partial charge in [0.25, 0.3) is 0 Å². The molecule has 0 aliphatic heterocycles. The van der Waals surface area contributed by atoms with Crippen LogP contribution in [-0.2, 0) is 15.0 Å². The van der Waals surface area contributed by atoms with Gasteiger partial charge in [-0.2, -0.15) is 0 Å². The number of ketones is 1. The number of hydrogen-bond donors (Lipinski definition) is 1. The zero-order valence-electron chi connectivity index (χ0n) is 10.8. The molecular formula is C13H14ClFO4. The Morgan fingerprint density at radius 2 is 2.00 bits per heavy atom. The van der Waals surface area contributed by atoms with Crippen molar-refractivity contribution in [3.63, 3.8) is 0 Å². The van der Waals surface area contributed by atoms with Crippen LogP contribution in [0.4, 0.5) is 4.39 Å². The van der Waals surface area contributed by atoms with E-state index in [-0.39, 0.29) is 17.2 Å². The fourth-order valence-corrected chi connectivity index (χ4v) is 1.99. The van der Waals surface area contributed by atoms with E-state index in [2.05, 4.69) is 0 Å². The molecular weight excluding hydrogens is 275 g/mol. The van der Waals surface area contributed by atoms with Crippen LogP contribution >= 0.6 is 11.6 Å². The minimum atomic E-state index is -1.51. The van der Waals surface area contributed by atoms with E-state index >= 15 is 0 Å². The fraction of sp³-hybridized carbons (Fsp3) is 0.385. The van der Waals surface area contributed by atoms with Crippen LogP contribution in [0.15, 0.2) is 12.1 Å². The van der Waals surface area contributed by atoms with Gasteiger partial charge >= 0.3 is 5.97 Å². The van der Waals surface area contributed by atoms with E-state index in [0.717, 1.165) is 0 Å². The normalized spacial score (nSPS) is 11.2. The number of carbonyl (C=O) groups excluding carboxylic acids is 1. The number of benzene rings is 1. The van der Waals surface area contributed by atoms with Gasteiger partial charge in [-0.3, -0.25) is 4.79 Å². The monoisotopic (exact) mass is 288 g/mol. The Kier molecular flexibility index (Phi) is 4.52. The van der Waals surface area contributed by atoms with Gasteiger partial charge < -0.3 is 9.84 Å². The van der Waals surface area contributed by atoms with Crippen molar-refractivity contribution in [2.75, 3.05) is 7.11 Å². The topological polar surface area (TPSA) is 63.6 Å². The second-order valence-electron chi connectivity index (χ2n) is 4.73. The predicted molar refractivity (Wildman–Crippen MR) is 68.2 cm³/mol. The lowest BCUT2D eigenvalue weighted by Crippen LogP contribution is -2.27. The van der Waals surface area contributed by atoms with E-state index < -0.39 is 23.0 Å². The summed E-state index contributed by atoms with van der Waals surface area (Å²) in [6, 6.07) is 2.88. The van der Waals surface area contributed by atoms with Gasteiger partial charge in [0.1, 0.15) is 0 Å². The van der Waals surface area contributed by atoms with Gasteiger partial charge in [0, 0.05) is 17.4 Å². The van der Waals surface area contributed by atoms with Crippen molar-refractivity contribution in [3.8, 4) is 5.75 Å². The maximum absolute atomic E-state index is 13.8. The maximum atomic E-state index is 13.8. The Hall–Kier alpha value is -1.62. The molecule has 4 nitrogen and oxygen atoms in total. The molecule has 1 aromatic rings.